The molecule has 0 radical (unpaired) electrons. The standard InChI is InChI=1S/C20H25NO2/c1-15(2)13-18(16-9-5-3-6-10-16)14-21-19(20(22)23)17-11-7-4-8-12-17/h3-12,15,18-19,21H,13-14H2,1-2H3,(H,22,23)/t18?,19-/m1/s1. The summed E-state index contributed by atoms with van der Waals surface area (Å²) in [6, 6.07) is 19.0. The van der Waals surface area contributed by atoms with E-state index in [0.717, 1.165) is 12.0 Å². The maximum absolute atomic E-state index is 11.6. The summed E-state index contributed by atoms with van der Waals surface area (Å²) in [4.78, 5) is 11.6. The van der Waals surface area contributed by atoms with Gasteiger partial charge in [-0.05, 0) is 29.4 Å². The van der Waals surface area contributed by atoms with Crippen LogP contribution in [-0.4, -0.2) is 17.6 Å². The van der Waals surface area contributed by atoms with E-state index in [-0.39, 0.29) is 0 Å². The zero-order valence-electron chi connectivity index (χ0n) is 13.8. The lowest BCUT2D eigenvalue weighted by Crippen LogP contribution is -2.32. The Morgan fingerprint density at radius 2 is 1.48 bits per heavy atom. The number of carbonyl (C=O) groups is 1. The molecule has 0 aliphatic rings. The van der Waals surface area contributed by atoms with Crippen LogP contribution in [0.4, 0.5) is 0 Å². The van der Waals surface area contributed by atoms with E-state index in [1.165, 1.54) is 5.56 Å². The Hall–Kier alpha value is -2.13. The second-order valence-electron chi connectivity index (χ2n) is 6.33. The first-order valence-electron chi connectivity index (χ1n) is 8.14. The van der Waals surface area contributed by atoms with Gasteiger partial charge in [0.25, 0.3) is 0 Å². The zero-order valence-corrected chi connectivity index (χ0v) is 13.8. The van der Waals surface area contributed by atoms with Gasteiger partial charge in [-0.25, -0.2) is 0 Å². The van der Waals surface area contributed by atoms with Gasteiger partial charge in [0.2, 0.25) is 0 Å². The highest BCUT2D eigenvalue weighted by Crippen LogP contribution is 2.24. The Balaban J connectivity index is 2.11. The molecule has 0 bridgehead atoms. The summed E-state index contributed by atoms with van der Waals surface area (Å²) in [5, 5.41) is 12.8. The van der Waals surface area contributed by atoms with Crippen LogP contribution < -0.4 is 5.32 Å². The Labute approximate surface area is 138 Å². The molecule has 2 N–H and O–H groups in total. The third-order valence-electron chi connectivity index (χ3n) is 3.98. The van der Waals surface area contributed by atoms with Gasteiger partial charge in [0.15, 0.2) is 0 Å². The van der Waals surface area contributed by atoms with Crippen LogP contribution in [0.15, 0.2) is 60.7 Å². The Morgan fingerprint density at radius 3 is 1.96 bits per heavy atom. The highest BCUT2D eigenvalue weighted by Gasteiger charge is 2.21. The van der Waals surface area contributed by atoms with Gasteiger partial charge in [-0.15, -0.1) is 0 Å². The summed E-state index contributed by atoms with van der Waals surface area (Å²) in [7, 11) is 0. The van der Waals surface area contributed by atoms with Crippen molar-refractivity contribution in [2.24, 2.45) is 5.92 Å². The zero-order chi connectivity index (χ0) is 16.7. The number of hydrogen-bond acceptors (Lipinski definition) is 2. The van der Waals surface area contributed by atoms with E-state index in [9.17, 15) is 9.90 Å². The van der Waals surface area contributed by atoms with Gasteiger partial charge in [-0.2, -0.15) is 0 Å². The minimum Gasteiger partial charge on any atom is -0.480 e. The van der Waals surface area contributed by atoms with E-state index < -0.39 is 12.0 Å². The van der Waals surface area contributed by atoms with Crippen molar-refractivity contribution in [2.45, 2.75) is 32.2 Å². The van der Waals surface area contributed by atoms with Crippen LogP contribution in [0.5, 0.6) is 0 Å². The van der Waals surface area contributed by atoms with Gasteiger partial charge in [0, 0.05) is 6.54 Å². The summed E-state index contributed by atoms with van der Waals surface area (Å²) in [5.41, 5.74) is 2.04. The maximum atomic E-state index is 11.6. The van der Waals surface area contributed by atoms with Crippen LogP contribution in [-0.2, 0) is 4.79 Å². The van der Waals surface area contributed by atoms with Crippen molar-refractivity contribution >= 4 is 5.97 Å². The number of rotatable bonds is 8. The van der Waals surface area contributed by atoms with Crippen LogP contribution in [0.1, 0.15) is 43.4 Å². The lowest BCUT2D eigenvalue weighted by molar-refractivity contribution is -0.139. The van der Waals surface area contributed by atoms with Crippen LogP contribution in [0.25, 0.3) is 0 Å². The number of carboxylic acids is 1. The van der Waals surface area contributed by atoms with Gasteiger partial charge in [-0.1, -0.05) is 74.5 Å². The number of hydrogen-bond donors (Lipinski definition) is 2. The summed E-state index contributed by atoms with van der Waals surface area (Å²) in [5.74, 6) is 0.0244. The summed E-state index contributed by atoms with van der Waals surface area (Å²) in [6.45, 7) is 5.04. The van der Waals surface area contributed by atoms with Crippen LogP contribution >= 0.6 is 0 Å². The molecule has 0 aromatic heterocycles. The molecule has 0 aliphatic heterocycles. The molecule has 0 spiro atoms. The lowest BCUT2D eigenvalue weighted by atomic mass is 9.90. The molecule has 3 nitrogen and oxygen atoms in total. The van der Waals surface area contributed by atoms with E-state index in [2.05, 4.69) is 31.3 Å². The predicted octanol–water partition coefficient (Wildman–Crippen LogP) is 4.23. The summed E-state index contributed by atoms with van der Waals surface area (Å²) >= 11 is 0. The van der Waals surface area contributed by atoms with Crippen LogP contribution in [0.2, 0.25) is 0 Å². The van der Waals surface area contributed by atoms with Crippen molar-refractivity contribution in [3.63, 3.8) is 0 Å². The van der Waals surface area contributed by atoms with Gasteiger partial charge in [0.05, 0.1) is 0 Å². The second kappa shape index (κ2) is 8.49. The highest BCUT2D eigenvalue weighted by molar-refractivity contribution is 5.75. The number of aliphatic carboxylic acids is 1. The van der Waals surface area contributed by atoms with Gasteiger partial charge in [0.1, 0.15) is 6.04 Å². The normalized spacial score (nSPS) is 13.7. The third-order valence-corrected chi connectivity index (χ3v) is 3.98. The van der Waals surface area contributed by atoms with Crippen molar-refractivity contribution in [3.8, 4) is 0 Å². The highest BCUT2D eigenvalue weighted by atomic mass is 16.4. The fraction of sp³-hybridized carbons (Fsp3) is 0.350. The first-order valence-corrected chi connectivity index (χ1v) is 8.14. The molecule has 23 heavy (non-hydrogen) atoms. The lowest BCUT2D eigenvalue weighted by Gasteiger charge is -2.23. The number of benzene rings is 2. The molecule has 122 valence electrons. The Morgan fingerprint density at radius 1 is 0.957 bits per heavy atom. The largest absolute Gasteiger partial charge is 0.480 e. The van der Waals surface area contributed by atoms with Crippen LogP contribution in [0.3, 0.4) is 0 Å². The van der Waals surface area contributed by atoms with E-state index >= 15 is 0 Å². The topological polar surface area (TPSA) is 49.3 Å². The van der Waals surface area contributed by atoms with Crippen molar-refractivity contribution in [1.82, 2.24) is 5.32 Å². The monoisotopic (exact) mass is 311 g/mol. The molecule has 1 unspecified atom stereocenters. The van der Waals surface area contributed by atoms with Gasteiger partial charge in [-0.3, -0.25) is 4.79 Å². The fourth-order valence-corrected chi connectivity index (χ4v) is 2.88. The third kappa shape index (κ3) is 5.22. The van der Waals surface area contributed by atoms with Gasteiger partial charge < -0.3 is 10.4 Å². The molecule has 0 amide bonds. The van der Waals surface area contributed by atoms with Crippen molar-refractivity contribution in [3.05, 3.63) is 71.8 Å². The van der Waals surface area contributed by atoms with E-state index in [4.69, 9.17) is 0 Å². The first kappa shape index (κ1) is 17.2. The molecule has 0 aliphatic carbocycles. The molecule has 0 heterocycles. The molecule has 0 saturated heterocycles. The predicted molar refractivity (Wildman–Crippen MR) is 93.5 cm³/mol. The van der Waals surface area contributed by atoms with Crippen molar-refractivity contribution < 1.29 is 9.90 Å². The van der Waals surface area contributed by atoms with Crippen LogP contribution in [0, 0.1) is 5.92 Å². The van der Waals surface area contributed by atoms with E-state index in [1.807, 2.05) is 48.5 Å². The molecule has 2 aromatic rings. The smallest absolute Gasteiger partial charge is 0.325 e. The molecule has 2 rings (SSSR count). The first-order chi connectivity index (χ1) is 11.1. The van der Waals surface area contributed by atoms with Gasteiger partial charge >= 0.3 is 5.97 Å². The second-order valence-corrected chi connectivity index (χ2v) is 6.33. The SMILES string of the molecule is CC(C)CC(CN[C@@H](C(=O)O)c1ccccc1)c1ccccc1. The minimum atomic E-state index is -0.840. The number of carboxylic acid groups (broad SMARTS) is 1. The molecule has 0 saturated carbocycles. The molecule has 0 fully saturated rings. The van der Waals surface area contributed by atoms with Crippen molar-refractivity contribution in [1.29, 1.82) is 0 Å². The molecule has 3 heteroatoms. The summed E-state index contributed by atoms with van der Waals surface area (Å²) in [6.07, 6.45) is 1.03. The summed E-state index contributed by atoms with van der Waals surface area (Å²) < 4.78 is 0. The quantitative estimate of drug-likeness (QED) is 0.767. The molecular weight excluding hydrogens is 286 g/mol. The molecular formula is C20H25NO2. The van der Waals surface area contributed by atoms with E-state index in [0.29, 0.717) is 18.4 Å². The maximum Gasteiger partial charge on any atom is 0.325 e. The molecule has 2 atom stereocenters. The Kier molecular flexibility index (Phi) is 6.36. The van der Waals surface area contributed by atoms with Crippen molar-refractivity contribution in [2.75, 3.05) is 6.54 Å². The van der Waals surface area contributed by atoms with E-state index in [1.54, 1.807) is 0 Å². The minimum absolute atomic E-state index is 0.307. The number of nitrogens with one attached hydrogen (secondary N) is 1. The Bertz CT molecular complexity index is 596. The average Bonchev–Trinajstić information content (AvgIpc) is 2.55. The average molecular weight is 311 g/mol. The fourth-order valence-electron chi connectivity index (χ4n) is 2.88. The molecule has 2 aromatic carbocycles.